The molecule has 2 heteroatoms. The minimum absolute atomic E-state index is 1.10. The van der Waals surface area contributed by atoms with E-state index in [1.54, 1.807) is 0 Å². The third kappa shape index (κ3) is 2.32. The van der Waals surface area contributed by atoms with Gasteiger partial charge in [0, 0.05) is 30.1 Å². The van der Waals surface area contributed by atoms with Crippen LogP contribution in [0.1, 0.15) is 24.0 Å². The van der Waals surface area contributed by atoms with E-state index in [1.165, 1.54) is 52.0 Å². The summed E-state index contributed by atoms with van der Waals surface area (Å²) in [6.45, 7) is 3.25. The molecule has 2 aromatic heterocycles. The van der Waals surface area contributed by atoms with Crippen LogP contribution in [-0.2, 0) is 13.0 Å². The van der Waals surface area contributed by atoms with Gasteiger partial charge in [0.25, 0.3) is 0 Å². The maximum Gasteiger partial charge on any atom is 0.121 e. The van der Waals surface area contributed by atoms with Gasteiger partial charge in [-0.15, -0.1) is 0 Å². The average Bonchev–Trinajstić information content (AvgIpc) is 3.08. The van der Waals surface area contributed by atoms with E-state index < -0.39 is 0 Å². The van der Waals surface area contributed by atoms with E-state index in [1.807, 2.05) is 0 Å². The van der Waals surface area contributed by atoms with E-state index in [0.29, 0.717) is 0 Å². The Morgan fingerprint density at radius 3 is 2.40 bits per heavy atom. The molecule has 0 radical (unpaired) electrons. The fraction of sp³-hybridized carbons (Fsp3) is 0.217. The number of benzene rings is 2. The van der Waals surface area contributed by atoms with Crippen molar-refractivity contribution in [2.24, 2.45) is 0 Å². The second-order valence-corrected chi connectivity index (χ2v) is 7.11. The third-order valence-electron chi connectivity index (χ3n) is 5.41. The normalized spacial score (nSPS) is 14.0. The Bertz CT molecular complexity index is 1030. The molecule has 0 saturated heterocycles. The van der Waals surface area contributed by atoms with Crippen molar-refractivity contribution < 1.29 is 0 Å². The summed E-state index contributed by atoms with van der Waals surface area (Å²) in [6, 6.07) is 19.7. The van der Waals surface area contributed by atoms with Gasteiger partial charge in [0.2, 0.25) is 0 Å². The SMILES string of the molecule is Cc1ccc(-c2cn3cc(-c4ccccc4)n4c3c2CCCC4)cc1. The summed E-state index contributed by atoms with van der Waals surface area (Å²) in [5.74, 6) is 0. The van der Waals surface area contributed by atoms with Crippen molar-refractivity contribution in [2.45, 2.75) is 32.7 Å². The molecular formula is C23H22N2. The lowest BCUT2D eigenvalue weighted by atomic mass is 10.00. The smallest absolute Gasteiger partial charge is 0.121 e. The second-order valence-electron chi connectivity index (χ2n) is 7.11. The largest absolute Gasteiger partial charge is 0.325 e. The summed E-state index contributed by atoms with van der Waals surface area (Å²) in [6.07, 6.45) is 8.29. The predicted octanol–water partition coefficient (Wildman–Crippen LogP) is 5.72. The molecule has 0 saturated carbocycles. The highest BCUT2D eigenvalue weighted by molar-refractivity contribution is 5.78. The van der Waals surface area contributed by atoms with Gasteiger partial charge in [0.15, 0.2) is 0 Å². The van der Waals surface area contributed by atoms with E-state index in [4.69, 9.17) is 0 Å². The molecule has 0 fully saturated rings. The molecule has 5 rings (SSSR count). The number of aromatic nitrogens is 2. The lowest BCUT2D eigenvalue weighted by Gasteiger charge is -2.08. The Balaban J connectivity index is 1.74. The van der Waals surface area contributed by atoms with Gasteiger partial charge in [-0.05, 0) is 37.3 Å². The maximum atomic E-state index is 2.52. The molecule has 0 amide bonds. The van der Waals surface area contributed by atoms with E-state index in [0.717, 1.165) is 13.0 Å². The van der Waals surface area contributed by atoms with Crippen LogP contribution in [0, 0.1) is 6.92 Å². The van der Waals surface area contributed by atoms with Crippen LogP contribution in [0.4, 0.5) is 0 Å². The Morgan fingerprint density at radius 1 is 0.800 bits per heavy atom. The van der Waals surface area contributed by atoms with Crippen molar-refractivity contribution in [3.63, 3.8) is 0 Å². The third-order valence-corrected chi connectivity index (χ3v) is 5.41. The van der Waals surface area contributed by atoms with Gasteiger partial charge in [-0.2, -0.15) is 0 Å². The highest BCUT2D eigenvalue weighted by Gasteiger charge is 2.21. The van der Waals surface area contributed by atoms with Gasteiger partial charge in [0.05, 0.1) is 5.69 Å². The van der Waals surface area contributed by atoms with E-state index in [-0.39, 0.29) is 0 Å². The quantitative estimate of drug-likeness (QED) is 0.446. The van der Waals surface area contributed by atoms with Crippen molar-refractivity contribution in [1.82, 2.24) is 8.97 Å². The van der Waals surface area contributed by atoms with Crippen molar-refractivity contribution in [1.29, 1.82) is 0 Å². The summed E-state index contributed by atoms with van der Waals surface area (Å²) >= 11 is 0. The first-order valence-electron chi connectivity index (χ1n) is 9.17. The molecule has 2 nitrogen and oxygen atoms in total. The molecule has 2 aromatic carbocycles. The van der Waals surface area contributed by atoms with Crippen LogP contribution in [0.2, 0.25) is 0 Å². The van der Waals surface area contributed by atoms with Crippen molar-refractivity contribution in [3.8, 4) is 22.4 Å². The van der Waals surface area contributed by atoms with Gasteiger partial charge in [-0.25, -0.2) is 0 Å². The van der Waals surface area contributed by atoms with Gasteiger partial charge < -0.3 is 8.97 Å². The summed E-state index contributed by atoms with van der Waals surface area (Å²) in [7, 11) is 0. The topological polar surface area (TPSA) is 9.34 Å². The van der Waals surface area contributed by atoms with Crippen LogP contribution >= 0.6 is 0 Å². The fourth-order valence-corrected chi connectivity index (χ4v) is 4.14. The monoisotopic (exact) mass is 326 g/mol. The molecule has 0 unspecified atom stereocenters. The molecule has 1 aliphatic rings. The Labute approximate surface area is 148 Å². The summed E-state index contributed by atoms with van der Waals surface area (Å²) in [4.78, 5) is 0. The molecule has 1 aliphatic heterocycles. The summed E-state index contributed by atoms with van der Waals surface area (Å²) < 4.78 is 4.87. The second kappa shape index (κ2) is 5.66. The zero-order valence-electron chi connectivity index (χ0n) is 14.6. The van der Waals surface area contributed by atoms with Gasteiger partial charge in [0.1, 0.15) is 5.65 Å². The first-order chi connectivity index (χ1) is 12.3. The molecule has 0 N–H and O–H groups in total. The number of imidazole rings is 1. The molecule has 4 aromatic rings. The number of hydrogen-bond acceptors (Lipinski definition) is 0. The lowest BCUT2D eigenvalue weighted by Crippen LogP contribution is -1.98. The minimum Gasteiger partial charge on any atom is -0.325 e. The summed E-state index contributed by atoms with van der Waals surface area (Å²) in [5, 5.41) is 0. The zero-order chi connectivity index (χ0) is 16.8. The molecule has 0 aliphatic carbocycles. The Kier molecular flexibility index (Phi) is 3.30. The first kappa shape index (κ1) is 14.6. The highest BCUT2D eigenvalue weighted by Crippen LogP contribution is 2.36. The number of rotatable bonds is 2. The minimum atomic E-state index is 1.10. The van der Waals surface area contributed by atoms with Crippen LogP contribution < -0.4 is 0 Å². The van der Waals surface area contributed by atoms with Crippen LogP contribution in [0.5, 0.6) is 0 Å². The van der Waals surface area contributed by atoms with Crippen LogP contribution in [0.3, 0.4) is 0 Å². The predicted molar refractivity (Wildman–Crippen MR) is 104 cm³/mol. The number of aryl methyl sites for hydroxylation is 3. The number of hydrogen-bond donors (Lipinski definition) is 0. The Hall–Kier alpha value is -2.74. The molecule has 0 atom stereocenters. The Morgan fingerprint density at radius 2 is 1.60 bits per heavy atom. The molecule has 0 bridgehead atoms. The van der Waals surface area contributed by atoms with Gasteiger partial charge in [-0.1, -0.05) is 60.2 Å². The maximum absolute atomic E-state index is 2.52. The molecule has 3 heterocycles. The van der Waals surface area contributed by atoms with Crippen LogP contribution in [0.25, 0.3) is 28.0 Å². The zero-order valence-corrected chi connectivity index (χ0v) is 14.6. The van der Waals surface area contributed by atoms with Crippen molar-refractivity contribution in [2.75, 3.05) is 0 Å². The van der Waals surface area contributed by atoms with Crippen LogP contribution in [-0.4, -0.2) is 8.97 Å². The van der Waals surface area contributed by atoms with E-state index in [2.05, 4.69) is 82.9 Å². The van der Waals surface area contributed by atoms with E-state index >= 15 is 0 Å². The van der Waals surface area contributed by atoms with E-state index in [9.17, 15) is 0 Å². The first-order valence-corrected chi connectivity index (χ1v) is 9.17. The molecule has 0 spiro atoms. The fourth-order valence-electron chi connectivity index (χ4n) is 4.14. The average molecular weight is 326 g/mol. The molecule has 25 heavy (non-hydrogen) atoms. The summed E-state index contributed by atoms with van der Waals surface area (Å²) in [5.41, 5.74) is 9.55. The van der Waals surface area contributed by atoms with Gasteiger partial charge in [-0.3, -0.25) is 0 Å². The van der Waals surface area contributed by atoms with Crippen LogP contribution in [0.15, 0.2) is 67.0 Å². The van der Waals surface area contributed by atoms with Crippen molar-refractivity contribution in [3.05, 3.63) is 78.1 Å². The molecular weight excluding hydrogens is 304 g/mol. The lowest BCUT2D eigenvalue weighted by molar-refractivity contribution is 0.647. The standard InChI is InChI=1S/C23H22N2/c1-17-10-12-18(13-11-17)21-15-24-16-22(19-7-3-2-4-8-19)25-14-6-5-9-20(21)23(24)25/h2-4,7-8,10-13,15-16H,5-6,9,14H2,1H3. The van der Waals surface area contributed by atoms with Gasteiger partial charge >= 0.3 is 0 Å². The number of nitrogens with zero attached hydrogens (tertiary/aromatic N) is 2. The van der Waals surface area contributed by atoms with Crippen molar-refractivity contribution >= 4 is 5.65 Å². The highest BCUT2D eigenvalue weighted by atomic mass is 15.1. The molecule has 124 valence electrons.